The zero-order valence-electron chi connectivity index (χ0n) is 12.7. The maximum atomic E-state index is 13.1. The molecule has 5 nitrogen and oxygen atoms in total. The fourth-order valence-electron chi connectivity index (χ4n) is 2.35. The van der Waals surface area contributed by atoms with Crippen molar-refractivity contribution in [3.8, 4) is 27.6 Å². The van der Waals surface area contributed by atoms with E-state index in [1.165, 1.54) is 28.2 Å². The second-order valence-corrected chi connectivity index (χ2v) is 6.55. The number of anilines is 1. The molecule has 2 aromatic heterocycles. The zero-order chi connectivity index (χ0) is 17.4. The summed E-state index contributed by atoms with van der Waals surface area (Å²) in [6, 6.07) is 13.3. The van der Waals surface area contributed by atoms with E-state index in [1.54, 1.807) is 24.3 Å². The highest BCUT2D eigenvalue weighted by molar-refractivity contribution is 7.13. The number of nitrogens with zero attached hydrogens (tertiary/aromatic N) is 4. The van der Waals surface area contributed by atoms with Crippen LogP contribution in [0.1, 0.15) is 0 Å². The third kappa shape index (κ3) is 2.99. The van der Waals surface area contributed by atoms with Gasteiger partial charge in [-0.25, -0.2) is 9.37 Å². The highest BCUT2D eigenvalue weighted by atomic mass is 35.5. The van der Waals surface area contributed by atoms with Gasteiger partial charge in [-0.05, 0) is 48.5 Å². The van der Waals surface area contributed by atoms with Gasteiger partial charge in [0.1, 0.15) is 10.8 Å². The molecule has 0 aliphatic carbocycles. The molecule has 4 rings (SSSR count). The Kier molecular flexibility index (Phi) is 3.95. The van der Waals surface area contributed by atoms with Crippen molar-refractivity contribution in [2.75, 3.05) is 5.73 Å². The van der Waals surface area contributed by atoms with E-state index < -0.39 is 0 Å². The fourth-order valence-corrected chi connectivity index (χ4v) is 3.30. The molecule has 2 aromatic carbocycles. The first-order chi connectivity index (χ1) is 12.1. The van der Waals surface area contributed by atoms with Crippen LogP contribution in [0.25, 0.3) is 27.6 Å². The van der Waals surface area contributed by atoms with Crippen molar-refractivity contribution in [1.82, 2.24) is 20.0 Å². The maximum absolute atomic E-state index is 13.1. The fraction of sp³-hybridized carbons (Fsp3) is 0. The van der Waals surface area contributed by atoms with Crippen LogP contribution in [-0.4, -0.2) is 20.0 Å². The molecule has 0 aliphatic rings. The average molecular weight is 372 g/mol. The molecule has 0 saturated heterocycles. The van der Waals surface area contributed by atoms with Gasteiger partial charge in [0.2, 0.25) is 0 Å². The number of rotatable bonds is 3. The van der Waals surface area contributed by atoms with E-state index in [4.69, 9.17) is 17.3 Å². The van der Waals surface area contributed by atoms with Crippen LogP contribution in [0.4, 0.5) is 10.2 Å². The average Bonchev–Trinajstić information content (AvgIpc) is 3.23. The highest BCUT2D eigenvalue weighted by Crippen LogP contribution is 2.31. The van der Waals surface area contributed by atoms with Crippen LogP contribution in [-0.2, 0) is 0 Å². The third-order valence-electron chi connectivity index (χ3n) is 3.62. The van der Waals surface area contributed by atoms with E-state index in [-0.39, 0.29) is 5.82 Å². The number of nitrogens with two attached hydrogens (primary N) is 1. The Hall–Kier alpha value is -2.77. The molecule has 0 bridgehead atoms. The minimum atomic E-state index is -0.283. The van der Waals surface area contributed by atoms with Crippen molar-refractivity contribution in [3.63, 3.8) is 0 Å². The van der Waals surface area contributed by atoms with Gasteiger partial charge in [-0.2, -0.15) is 4.68 Å². The summed E-state index contributed by atoms with van der Waals surface area (Å²) in [6.07, 6.45) is 0. The normalized spacial score (nSPS) is 11.0. The molecule has 4 aromatic rings. The van der Waals surface area contributed by atoms with Crippen LogP contribution in [0.2, 0.25) is 5.02 Å². The van der Waals surface area contributed by atoms with Crippen LogP contribution in [0, 0.1) is 5.82 Å². The molecule has 0 amide bonds. The van der Waals surface area contributed by atoms with E-state index in [0.717, 1.165) is 16.9 Å². The molecular weight excluding hydrogens is 361 g/mol. The van der Waals surface area contributed by atoms with Crippen LogP contribution >= 0.6 is 22.9 Å². The number of hydrogen-bond acceptors (Lipinski definition) is 5. The molecule has 0 radical (unpaired) electrons. The Balaban J connectivity index is 1.69. The van der Waals surface area contributed by atoms with Gasteiger partial charge in [-0.15, -0.1) is 16.4 Å². The summed E-state index contributed by atoms with van der Waals surface area (Å²) in [7, 11) is 0. The SMILES string of the molecule is Nc1c(-c2nc(-c3ccc(F)cc3)cs2)nnn1-c1ccc(Cl)cc1. The van der Waals surface area contributed by atoms with Gasteiger partial charge in [-0.3, -0.25) is 0 Å². The minimum absolute atomic E-state index is 0.283. The molecule has 2 heterocycles. The number of nitrogen functional groups attached to an aromatic ring is 1. The molecule has 0 saturated carbocycles. The lowest BCUT2D eigenvalue weighted by Crippen LogP contribution is -2.02. The van der Waals surface area contributed by atoms with Gasteiger partial charge < -0.3 is 5.73 Å². The Labute approximate surface area is 151 Å². The van der Waals surface area contributed by atoms with Gasteiger partial charge in [0, 0.05) is 16.0 Å². The summed E-state index contributed by atoms with van der Waals surface area (Å²) in [4.78, 5) is 4.54. The largest absolute Gasteiger partial charge is 0.382 e. The van der Waals surface area contributed by atoms with Crippen molar-refractivity contribution in [3.05, 3.63) is 64.8 Å². The standard InChI is InChI=1S/C17H11ClFN5S/c18-11-3-7-13(8-4-11)24-16(20)15(22-23-24)17-21-14(9-25-17)10-1-5-12(19)6-2-10/h1-9H,20H2. The van der Waals surface area contributed by atoms with Gasteiger partial charge in [-0.1, -0.05) is 16.8 Å². The van der Waals surface area contributed by atoms with E-state index in [0.29, 0.717) is 21.5 Å². The molecule has 0 atom stereocenters. The summed E-state index contributed by atoms with van der Waals surface area (Å²) in [6.45, 7) is 0. The first kappa shape index (κ1) is 15.7. The number of thiazole rings is 1. The third-order valence-corrected chi connectivity index (χ3v) is 4.72. The Morgan fingerprint density at radius 1 is 1.04 bits per heavy atom. The second-order valence-electron chi connectivity index (χ2n) is 5.26. The number of aromatic nitrogens is 4. The van der Waals surface area contributed by atoms with Crippen molar-refractivity contribution < 1.29 is 4.39 Å². The molecule has 0 fully saturated rings. The molecule has 0 unspecified atom stereocenters. The molecule has 25 heavy (non-hydrogen) atoms. The quantitative estimate of drug-likeness (QED) is 0.578. The number of halogens is 2. The summed E-state index contributed by atoms with van der Waals surface area (Å²) in [5, 5.41) is 11.4. The van der Waals surface area contributed by atoms with Crippen LogP contribution in [0.5, 0.6) is 0 Å². The first-order valence-corrected chi connectivity index (χ1v) is 8.56. The van der Waals surface area contributed by atoms with Crippen LogP contribution < -0.4 is 5.73 Å². The molecule has 8 heteroatoms. The molecule has 2 N–H and O–H groups in total. The van der Waals surface area contributed by atoms with E-state index in [2.05, 4.69) is 15.3 Å². The molecule has 0 aliphatic heterocycles. The van der Waals surface area contributed by atoms with E-state index >= 15 is 0 Å². The topological polar surface area (TPSA) is 69.6 Å². The molecule has 124 valence electrons. The zero-order valence-corrected chi connectivity index (χ0v) is 14.3. The monoisotopic (exact) mass is 371 g/mol. The van der Waals surface area contributed by atoms with Gasteiger partial charge in [0.25, 0.3) is 0 Å². The van der Waals surface area contributed by atoms with Crippen molar-refractivity contribution in [2.45, 2.75) is 0 Å². The van der Waals surface area contributed by atoms with E-state index in [9.17, 15) is 4.39 Å². The predicted molar refractivity (Wildman–Crippen MR) is 97.3 cm³/mol. The van der Waals surface area contributed by atoms with Gasteiger partial charge in [0.05, 0.1) is 11.4 Å². The Bertz CT molecular complexity index is 1020. The maximum Gasteiger partial charge on any atom is 0.165 e. The second kappa shape index (κ2) is 6.27. The van der Waals surface area contributed by atoms with Crippen molar-refractivity contribution >= 4 is 28.8 Å². The van der Waals surface area contributed by atoms with Gasteiger partial charge in [0.15, 0.2) is 11.5 Å². The summed E-state index contributed by atoms with van der Waals surface area (Å²) in [5.74, 6) is 0.108. The van der Waals surface area contributed by atoms with Crippen molar-refractivity contribution in [2.24, 2.45) is 0 Å². The summed E-state index contributed by atoms with van der Waals surface area (Å²) < 4.78 is 14.6. The highest BCUT2D eigenvalue weighted by Gasteiger charge is 2.17. The van der Waals surface area contributed by atoms with Crippen LogP contribution in [0.3, 0.4) is 0 Å². The smallest absolute Gasteiger partial charge is 0.165 e. The lowest BCUT2D eigenvalue weighted by molar-refractivity contribution is 0.628. The number of hydrogen-bond donors (Lipinski definition) is 1. The van der Waals surface area contributed by atoms with Crippen molar-refractivity contribution in [1.29, 1.82) is 0 Å². The summed E-state index contributed by atoms with van der Waals surface area (Å²) >= 11 is 7.31. The van der Waals surface area contributed by atoms with Crippen LogP contribution in [0.15, 0.2) is 53.9 Å². The molecular formula is C17H11ClFN5S. The van der Waals surface area contributed by atoms with E-state index in [1.807, 2.05) is 17.5 Å². The first-order valence-electron chi connectivity index (χ1n) is 7.31. The predicted octanol–water partition coefficient (Wildman–Crippen LogP) is 4.43. The van der Waals surface area contributed by atoms with Gasteiger partial charge >= 0.3 is 0 Å². The Morgan fingerprint density at radius 2 is 1.76 bits per heavy atom. The lowest BCUT2D eigenvalue weighted by atomic mass is 10.2. The minimum Gasteiger partial charge on any atom is -0.382 e. The lowest BCUT2D eigenvalue weighted by Gasteiger charge is -2.02. The molecule has 0 spiro atoms. The summed E-state index contributed by atoms with van der Waals surface area (Å²) in [5.41, 5.74) is 9.03. The number of benzene rings is 2. The Morgan fingerprint density at radius 3 is 2.48 bits per heavy atom.